The molecule has 0 fully saturated rings. The maximum atomic E-state index is 2.38. The Bertz CT molecular complexity index is 953. The number of halogens is 2. The Morgan fingerprint density at radius 2 is 1.23 bits per heavy atom. The van der Waals surface area contributed by atoms with Gasteiger partial charge in [-0.05, 0) is 30.0 Å². The summed E-state index contributed by atoms with van der Waals surface area (Å²) < 4.78 is 0. The number of anilines is 3. The van der Waals surface area contributed by atoms with E-state index in [0.29, 0.717) is 0 Å². The van der Waals surface area contributed by atoms with Crippen molar-refractivity contribution in [3.8, 4) is 0 Å². The van der Waals surface area contributed by atoms with Crippen LogP contribution in [0.3, 0.4) is 0 Å². The van der Waals surface area contributed by atoms with Gasteiger partial charge in [0.15, 0.2) is 0 Å². The van der Waals surface area contributed by atoms with Gasteiger partial charge in [0, 0.05) is 9.79 Å². The Balaban J connectivity index is 0.000000810. The predicted octanol–water partition coefficient (Wildman–Crippen LogP) is 0.499. The number of hydrogen-bond donors (Lipinski definition) is 0. The van der Waals surface area contributed by atoms with Crippen molar-refractivity contribution in [2.75, 3.05) is 4.90 Å². The number of benzene rings is 3. The van der Waals surface area contributed by atoms with Gasteiger partial charge in [0.2, 0.25) is 0 Å². The van der Waals surface area contributed by atoms with Crippen LogP contribution in [0.15, 0.2) is 94.7 Å². The van der Waals surface area contributed by atoms with Crippen molar-refractivity contribution >= 4 is 39.6 Å². The summed E-state index contributed by atoms with van der Waals surface area (Å²) in [5.41, 5.74) is 3.74. The monoisotopic (exact) mass is 472 g/mol. The van der Waals surface area contributed by atoms with E-state index in [1.165, 1.54) is 37.6 Å². The van der Waals surface area contributed by atoms with Crippen molar-refractivity contribution in [1.29, 1.82) is 0 Å². The average Bonchev–Trinajstić information content (AvgIpc) is 3.03. The van der Waals surface area contributed by atoms with Gasteiger partial charge < -0.3 is 29.7 Å². The maximum absolute atomic E-state index is 2.38. The van der Waals surface area contributed by atoms with Crippen LogP contribution < -0.4 is 29.7 Å². The minimum Gasteiger partial charge on any atom is -1.00 e. The molecule has 5 rings (SSSR count). The Hall–Kier alpha value is -1.12. The maximum Gasteiger partial charge on any atom is 3.00 e. The van der Waals surface area contributed by atoms with E-state index < -0.39 is 0 Å². The number of hydrogen-bond acceptors (Lipinski definition) is 2. The molecule has 0 spiro atoms. The van der Waals surface area contributed by atoms with Gasteiger partial charge >= 0.3 is 26.2 Å². The van der Waals surface area contributed by atoms with Crippen molar-refractivity contribution in [3.63, 3.8) is 0 Å². The van der Waals surface area contributed by atoms with Crippen LogP contribution in [0.1, 0.15) is 0 Å². The normalized spacial score (nSPS) is 11.5. The van der Waals surface area contributed by atoms with Crippen molar-refractivity contribution in [2.24, 2.45) is 0 Å². The molecule has 0 saturated carbocycles. The topological polar surface area (TPSA) is 3.24 Å². The summed E-state index contributed by atoms with van der Waals surface area (Å²) in [7, 11) is 0. The summed E-state index contributed by atoms with van der Waals surface area (Å²) in [6.45, 7) is 0. The molecule has 0 aliphatic carbocycles. The van der Waals surface area contributed by atoms with Gasteiger partial charge in [-0.3, -0.25) is 0 Å². The Labute approximate surface area is 189 Å². The smallest absolute Gasteiger partial charge is 1.00 e. The molecule has 26 heavy (non-hydrogen) atoms. The fraction of sp³-hybridized carbons (Fsp3) is 0. The minimum atomic E-state index is 0. The van der Waals surface area contributed by atoms with Crippen molar-refractivity contribution in [2.45, 2.75) is 9.79 Å². The summed E-state index contributed by atoms with van der Waals surface area (Å²) >= 11 is 1.85. The molecule has 0 atom stereocenters. The third kappa shape index (κ3) is 3.51. The molecule has 127 valence electrons. The summed E-state index contributed by atoms with van der Waals surface area (Å²) in [4.78, 5) is 4.98. The van der Waals surface area contributed by atoms with Crippen LogP contribution >= 0.6 is 11.8 Å². The van der Waals surface area contributed by atoms with Gasteiger partial charge in [-0.1, -0.05) is 42.1 Å². The standard InChI is InChI=1S/C21H14NS.2ClH.Zr/c1-2-8-16-14-17(13-15(16)7-1)22-18-9-3-5-11-20(18)23-21-12-6-4-10-19(21)22;;;/h1-14H;2*1H;/q-1;;;+3/p-2. The molecule has 0 amide bonds. The molecule has 4 aromatic rings. The Kier molecular flexibility index (Phi) is 7.10. The van der Waals surface area contributed by atoms with Crippen molar-refractivity contribution in [3.05, 3.63) is 84.9 Å². The van der Waals surface area contributed by atoms with Crippen LogP contribution in [0.5, 0.6) is 0 Å². The van der Waals surface area contributed by atoms with Gasteiger partial charge in [0.05, 0.1) is 11.4 Å². The van der Waals surface area contributed by atoms with Gasteiger partial charge in [-0.15, -0.1) is 41.1 Å². The van der Waals surface area contributed by atoms with Gasteiger partial charge in [0.25, 0.3) is 0 Å². The first-order chi connectivity index (χ1) is 11.4. The largest absolute Gasteiger partial charge is 3.00 e. The zero-order valence-corrected chi connectivity index (χ0v) is 18.5. The minimum absolute atomic E-state index is 0. The first-order valence-electron chi connectivity index (χ1n) is 7.72. The molecule has 0 aromatic heterocycles. The van der Waals surface area contributed by atoms with Gasteiger partial charge in [0.1, 0.15) is 0 Å². The van der Waals surface area contributed by atoms with Crippen LogP contribution in [0, 0.1) is 0 Å². The van der Waals surface area contributed by atoms with Crippen LogP contribution in [0.4, 0.5) is 17.1 Å². The molecule has 1 aliphatic rings. The zero-order valence-electron chi connectivity index (χ0n) is 13.7. The molecular weight excluding hydrogens is 460 g/mol. The van der Waals surface area contributed by atoms with Crippen LogP contribution in [-0.4, -0.2) is 0 Å². The predicted molar refractivity (Wildman–Crippen MR) is 98.3 cm³/mol. The fourth-order valence-electron chi connectivity index (χ4n) is 3.25. The quantitative estimate of drug-likeness (QED) is 0.326. The van der Waals surface area contributed by atoms with E-state index in [4.69, 9.17) is 0 Å². The van der Waals surface area contributed by atoms with Crippen LogP contribution in [-0.2, 0) is 26.2 Å². The fourth-order valence-corrected chi connectivity index (χ4v) is 4.30. The molecule has 1 radical (unpaired) electrons. The average molecular weight is 475 g/mol. The number of rotatable bonds is 1. The van der Waals surface area contributed by atoms with Crippen LogP contribution in [0.2, 0.25) is 0 Å². The Morgan fingerprint density at radius 1 is 0.692 bits per heavy atom. The summed E-state index contributed by atoms with van der Waals surface area (Å²) in [6.07, 6.45) is 0. The molecule has 5 heteroatoms. The van der Waals surface area contributed by atoms with E-state index in [1.807, 2.05) is 11.8 Å². The van der Waals surface area contributed by atoms with Crippen molar-refractivity contribution in [1.82, 2.24) is 0 Å². The molecule has 0 saturated heterocycles. The third-order valence-corrected chi connectivity index (χ3v) is 5.42. The first-order valence-corrected chi connectivity index (χ1v) is 8.53. The zero-order chi connectivity index (χ0) is 15.2. The van der Waals surface area contributed by atoms with E-state index in [1.54, 1.807) is 0 Å². The van der Waals surface area contributed by atoms with E-state index in [-0.39, 0.29) is 51.0 Å². The molecule has 1 heterocycles. The van der Waals surface area contributed by atoms with Gasteiger partial charge in [-0.25, -0.2) is 0 Å². The van der Waals surface area contributed by atoms with E-state index in [0.717, 1.165) is 0 Å². The van der Waals surface area contributed by atoms with Crippen LogP contribution in [0.25, 0.3) is 10.8 Å². The number of para-hydroxylation sites is 2. The second-order valence-corrected chi connectivity index (χ2v) is 6.80. The van der Waals surface area contributed by atoms with E-state index >= 15 is 0 Å². The molecule has 0 N–H and O–H groups in total. The molecule has 4 aromatic carbocycles. The number of fused-ring (bicyclic) bond motifs is 3. The second-order valence-electron chi connectivity index (χ2n) is 5.72. The molecule has 0 unspecified atom stereocenters. The van der Waals surface area contributed by atoms with Crippen molar-refractivity contribution < 1.29 is 51.0 Å². The molecule has 0 bridgehead atoms. The third-order valence-electron chi connectivity index (χ3n) is 4.29. The van der Waals surface area contributed by atoms with E-state index in [2.05, 4.69) is 89.8 Å². The molecule has 1 nitrogen and oxygen atoms in total. The summed E-state index contributed by atoms with van der Waals surface area (Å²) in [6, 6.07) is 30.4. The molecular formula is C21H14Cl2NSZr. The van der Waals surface area contributed by atoms with E-state index in [9.17, 15) is 0 Å². The first kappa shape index (κ1) is 21.2. The Morgan fingerprint density at radius 3 is 1.85 bits per heavy atom. The summed E-state index contributed by atoms with van der Waals surface area (Å²) in [5.74, 6) is 0. The molecule has 1 aliphatic heterocycles. The summed E-state index contributed by atoms with van der Waals surface area (Å²) in [5, 5.41) is 2.58. The second kappa shape index (κ2) is 8.71. The number of nitrogens with zero attached hydrogens (tertiary/aromatic N) is 1. The SMILES string of the molecule is [Cl-].[Cl-].[Zr+3].c1ccc2c(c1)Sc1ccccc1N2c1cc2ccccc2[cH-]1. The van der Waals surface area contributed by atoms with Gasteiger partial charge in [-0.2, -0.15) is 0 Å².